The maximum Gasteiger partial charge on any atom is 0.286 e. The summed E-state index contributed by atoms with van der Waals surface area (Å²) in [6.07, 6.45) is 1.14. The summed E-state index contributed by atoms with van der Waals surface area (Å²) < 4.78 is 24.3. The van der Waals surface area contributed by atoms with Gasteiger partial charge in [0, 0.05) is 12.4 Å². The molecule has 1 heterocycles. The van der Waals surface area contributed by atoms with Gasteiger partial charge < -0.3 is 15.0 Å². The van der Waals surface area contributed by atoms with Crippen molar-refractivity contribution in [3.05, 3.63) is 35.5 Å². The highest BCUT2D eigenvalue weighted by molar-refractivity contribution is 7.74. The minimum atomic E-state index is -2.71. The smallest absolute Gasteiger partial charge is 0.286 e. The van der Waals surface area contributed by atoms with E-state index in [0.717, 1.165) is 6.21 Å². The van der Waals surface area contributed by atoms with Crippen LogP contribution < -0.4 is 5.32 Å². The van der Waals surface area contributed by atoms with Crippen molar-refractivity contribution in [3.63, 3.8) is 0 Å². The molecule has 1 aromatic rings. The number of carbonyl (C=O) groups excluding carboxylic acids is 1. The average Bonchev–Trinajstić information content (AvgIpc) is 2.89. The molecule has 7 nitrogen and oxygen atoms in total. The molecule has 0 saturated heterocycles. The molecule has 108 valence electrons. The number of aliphatic imine (C=N–C) groups is 1. The van der Waals surface area contributed by atoms with Gasteiger partial charge >= 0.3 is 0 Å². The van der Waals surface area contributed by atoms with Gasteiger partial charge in [-0.2, -0.15) is 0 Å². The van der Waals surface area contributed by atoms with Gasteiger partial charge in [0.05, 0.1) is 27.8 Å². The number of hydrogen-bond acceptors (Lipinski definition) is 7. The lowest BCUT2D eigenvalue weighted by molar-refractivity contribution is 0.100. The molecule has 2 atom stereocenters. The first kappa shape index (κ1) is 16.4. The third-order valence-electron chi connectivity index (χ3n) is 1.83. The number of aliphatic hydroxyl groups is 1. The third-order valence-corrected chi connectivity index (χ3v) is 3.17. The Morgan fingerprint density at radius 2 is 2.50 bits per heavy atom. The fourth-order valence-corrected chi connectivity index (χ4v) is 2.06. The fraction of sp³-hybridized carbons (Fsp3) is 0.182. The van der Waals surface area contributed by atoms with Crippen LogP contribution in [0.25, 0.3) is 0 Å². The second kappa shape index (κ2) is 8.54. The van der Waals surface area contributed by atoms with Crippen molar-refractivity contribution < 1.29 is 22.8 Å². The molecule has 2 unspecified atom stereocenters. The van der Waals surface area contributed by atoms with Crippen molar-refractivity contribution in [2.45, 2.75) is 6.10 Å². The van der Waals surface area contributed by atoms with E-state index in [2.05, 4.69) is 26.8 Å². The monoisotopic (exact) mass is 315 g/mol. The SMILES string of the molecule is C=C=CNc1ccc(C(=O)N=CC(O)COS(=O)[O-])s1. The summed E-state index contributed by atoms with van der Waals surface area (Å²) in [4.78, 5) is 15.5. The minimum Gasteiger partial charge on any atom is -0.750 e. The van der Waals surface area contributed by atoms with Gasteiger partial charge in [-0.15, -0.1) is 17.1 Å². The van der Waals surface area contributed by atoms with E-state index in [1.165, 1.54) is 17.5 Å². The van der Waals surface area contributed by atoms with Crippen molar-refractivity contribution in [1.29, 1.82) is 0 Å². The van der Waals surface area contributed by atoms with Crippen LogP contribution in [0.5, 0.6) is 0 Å². The number of anilines is 1. The second-order valence-corrected chi connectivity index (χ2v) is 5.02. The maximum atomic E-state index is 11.6. The molecule has 0 radical (unpaired) electrons. The molecule has 0 aromatic carbocycles. The highest BCUT2D eigenvalue weighted by atomic mass is 32.2. The molecule has 0 bridgehead atoms. The van der Waals surface area contributed by atoms with E-state index in [1.807, 2.05) is 0 Å². The summed E-state index contributed by atoms with van der Waals surface area (Å²) in [5.74, 6) is -0.548. The summed E-state index contributed by atoms with van der Waals surface area (Å²) in [7, 11) is 0. The number of aliphatic hydroxyl groups excluding tert-OH is 1. The van der Waals surface area contributed by atoms with Gasteiger partial charge in [0.25, 0.3) is 5.91 Å². The van der Waals surface area contributed by atoms with Crippen LogP contribution in [0.1, 0.15) is 9.67 Å². The lowest BCUT2D eigenvalue weighted by Crippen LogP contribution is -2.18. The van der Waals surface area contributed by atoms with Crippen LogP contribution in [0.2, 0.25) is 0 Å². The molecule has 1 amide bonds. The Hall–Kier alpha value is -1.61. The predicted molar refractivity (Wildman–Crippen MR) is 75.4 cm³/mol. The zero-order chi connectivity index (χ0) is 15.0. The molecular weight excluding hydrogens is 304 g/mol. The Morgan fingerprint density at radius 3 is 3.15 bits per heavy atom. The van der Waals surface area contributed by atoms with Gasteiger partial charge in [-0.05, 0) is 12.1 Å². The summed E-state index contributed by atoms with van der Waals surface area (Å²) in [5.41, 5.74) is 2.53. The number of nitrogens with one attached hydrogen (secondary N) is 1. The van der Waals surface area contributed by atoms with E-state index in [-0.39, 0.29) is 0 Å². The molecule has 1 aromatic heterocycles. The Bertz CT molecular complexity index is 563. The predicted octanol–water partition coefficient (Wildman–Crippen LogP) is 0.841. The van der Waals surface area contributed by atoms with Crippen LogP contribution in [-0.2, 0) is 15.5 Å². The third kappa shape index (κ3) is 6.02. The van der Waals surface area contributed by atoms with Crippen LogP contribution in [-0.4, -0.2) is 38.7 Å². The Kier molecular flexibility index (Phi) is 7.02. The van der Waals surface area contributed by atoms with Crippen LogP contribution in [0, 0.1) is 0 Å². The van der Waals surface area contributed by atoms with E-state index < -0.39 is 30.0 Å². The van der Waals surface area contributed by atoms with Gasteiger partial charge in [0.15, 0.2) is 0 Å². The van der Waals surface area contributed by atoms with E-state index in [4.69, 9.17) is 0 Å². The Morgan fingerprint density at radius 1 is 1.75 bits per heavy atom. The molecule has 1 rings (SSSR count). The Balaban J connectivity index is 2.55. The van der Waals surface area contributed by atoms with Crippen molar-refractivity contribution in [3.8, 4) is 0 Å². The lowest BCUT2D eigenvalue weighted by atomic mass is 10.4. The normalized spacial score (nSPS) is 13.7. The topological polar surface area (TPSA) is 111 Å². The quantitative estimate of drug-likeness (QED) is 0.438. The second-order valence-electron chi connectivity index (χ2n) is 3.30. The number of hydrogen-bond donors (Lipinski definition) is 2. The van der Waals surface area contributed by atoms with E-state index in [1.54, 1.807) is 12.1 Å². The molecule has 20 heavy (non-hydrogen) atoms. The first-order valence-electron chi connectivity index (χ1n) is 5.22. The molecule has 2 N–H and O–H groups in total. The summed E-state index contributed by atoms with van der Waals surface area (Å²) in [6.45, 7) is 2.89. The molecule has 0 aliphatic heterocycles. The van der Waals surface area contributed by atoms with Crippen molar-refractivity contribution in [2.24, 2.45) is 4.99 Å². The van der Waals surface area contributed by atoms with Gasteiger partial charge in [0.1, 0.15) is 6.10 Å². The van der Waals surface area contributed by atoms with Gasteiger partial charge in [-0.25, -0.2) is 9.20 Å². The molecule has 0 fully saturated rings. The number of carbonyl (C=O) groups is 1. The van der Waals surface area contributed by atoms with Crippen molar-refractivity contribution in [2.75, 3.05) is 11.9 Å². The number of thiophene rings is 1. The van der Waals surface area contributed by atoms with Gasteiger partial charge in [0.2, 0.25) is 0 Å². The van der Waals surface area contributed by atoms with Crippen LogP contribution in [0.15, 0.2) is 35.6 Å². The molecule has 0 spiro atoms. The summed E-state index contributed by atoms with van der Waals surface area (Å²) in [6, 6.07) is 3.25. The van der Waals surface area contributed by atoms with Crippen molar-refractivity contribution in [1.82, 2.24) is 0 Å². The minimum absolute atomic E-state index is 0.363. The van der Waals surface area contributed by atoms with E-state index in [0.29, 0.717) is 9.88 Å². The largest absolute Gasteiger partial charge is 0.750 e. The molecule has 0 aliphatic carbocycles. The summed E-state index contributed by atoms with van der Waals surface area (Å²) in [5, 5.41) is 12.8. The highest BCUT2D eigenvalue weighted by Crippen LogP contribution is 2.22. The Labute approximate surface area is 121 Å². The summed E-state index contributed by atoms with van der Waals surface area (Å²) >= 11 is -1.55. The van der Waals surface area contributed by atoms with E-state index in [9.17, 15) is 18.7 Å². The number of rotatable bonds is 7. The van der Waals surface area contributed by atoms with Gasteiger partial charge in [-0.3, -0.25) is 8.98 Å². The molecular formula is C11H11N2O5S2-. The fourth-order valence-electron chi connectivity index (χ4n) is 1.04. The first-order chi connectivity index (χ1) is 9.52. The van der Waals surface area contributed by atoms with Crippen LogP contribution in [0.3, 0.4) is 0 Å². The molecule has 0 aliphatic rings. The standard InChI is InChI=1S/C11H12N2O5S2/c1-2-5-12-10-4-3-9(19-10)11(15)13-6-8(14)7-18-20(16)17/h3-6,8,12,14H,1,7H2,(H,16,17)/p-1. The number of amides is 1. The average molecular weight is 315 g/mol. The first-order valence-corrected chi connectivity index (χ1v) is 7.04. The molecule has 9 heteroatoms. The molecule has 0 saturated carbocycles. The van der Waals surface area contributed by atoms with Crippen LogP contribution >= 0.6 is 11.3 Å². The number of nitrogens with zero attached hydrogens (tertiary/aromatic N) is 1. The van der Waals surface area contributed by atoms with E-state index >= 15 is 0 Å². The lowest BCUT2D eigenvalue weighted by Gasteiger charge is -2.07. The zero-order valence-electron chi connectivity index (χ0n) is 10.1. The van der Waals surface area contributed by atoms with Gasteiger partial charge in [-0.1, -0.05) is 6.58 Å². The highest BCUT2D eigenvalue weighted by Gasteiger charge is 2.08. The van der Waals surface area contributed by atoms with Crippen LogP contribution in [0.4, 0.5) is 5.00 Å². The maximum absolute atomic E-state index is 11.6. The zero-order valence-corrected chi connectivity index (χ0v) is 11.8. The van der Waals surface area contributed by atoms with Crippen molar-refractivity contribution >= 4 is 39.8 Å².